The SMILES string of the molecule is CC1CN(c2ccc(CNC(=O)NCc3ccccc3Cl)cc2F)CC(C)O1. The normalized spacial score (nSPS) is 19.4. The van der Waals surface area contributed by atoms with Crippen molar-refractivity contribution in [3.8, 4) is 0 Å². The number of nitrogens with one attached hydrogen (secondary N) is 2. The highest BCUT2D eigenvalue weighted by Crippen LogP contribution is 2.24. The van der Waals surface area contributed by atoms with Gasteiger partial charge in [-0.2, -0.15) is 0 Å². The minimum absolute atomic E-state index is 0.0614. The third-order valence-corrected chi connectivity index (χ3v) is 4.99. The molecule has 1 fully saturated rings. The quantitative estimate of drug-likeness (QED) is 0.787. The molecule has 1 saturated heterocycles. The lowest BCUT2D eigenvalue weighted by Gasteiger charge is -2.37. The van der Waals surface area contributed by atoms with E-state index in [1.54, 1.807) is 12.1 Å². The van der Waals surface area contributed by atoms with Gasteiger partial charge in [0.1, 0.15) is 5.82 Å². The molecule has 2 atom stereocenters. The van der Waals surface area contributed by atoms with E-state index < -0.39 is 0 Å². The van der Waals surface area contributed by atoms with E-state index in [0.717, 1.165) is 5.56 Å². The van der Waals surface area contributed by atoms with Crippen LogP contribution in [0.4, 0.5) is 14.9 Å². The summed E-state index contributed by atoms with van der Waals surface area (Å²) in [6, 6.07) is 12.1. The van der Waals surface area contributed by atoms with Crippen LogP contribution in [0.2, 0.25) is 5.02 Å². The van der Waals surface area contributed by atoms with Gasteiger partial charge in [-0.1, -0.05) is 35.9 Å². The Bertz CT molecular complexity index is 823. The summed E-state index contributed by atoms with van der Waals surface area (Å²) in [5.74, 6) is -0.294. The molecule has 1 aliphatic rings. The molecule has 2 N–H and O–H groups in total. The van der Waals surface area contributed by atoms with Crippen LogP contribution in [0.15, 0.2) is 42.5 Å². The van der Waals surface area contributed by atoms with Gasteiger partial charge in [-0.25, -0.2) is 9.18 Å². The standard InChI is InChI=1S/C21H25ClFN3O2/c1-14-12-26(13-15(2)28-14)20-8-7-16(9-19(20)23)10-24-21(27)25-11-17-5-3-4-6-18(17)22/h3-9,14-15H,10-13H2,1-2H3,(H2,24,25,27). The number of carbonyl (C=O) groups excluding carboxylic acids is 1. The van der Waals surface area contributed by atoms with Crippen LogP contribution in [0, 0.1) is 5.82 Å². The maximum atomic E-state index is 14.6. The predicted octanol–water partition coefficient (Wildman–Crippen LogP) is 4.09. The lowest BCUT2D eigenvalue weighted by atomic mass is 10.1. The van der Waals surface area contributed by atoms with Crippen LogP contribution in [0.5, 0.6) is 0 Å². The van der Waals surface area contributed by atoms with Gasteiger partial charge in [-0.15, -0.1) is 0 Å². The molecule has 1 heterocycles. The van der Waals surface area contributed by atoms with E-state index in [9.17, 15) is 9.18 Å². The van der Waals surface area contributed by atoms with E-state index in [0.29, 0.717) is 35.9 Å². The van der Waals surface area contributed by atoms with Crippen molar-refractivity contribution in [2.24, 2.45) is 0 Å². The molecule has 1 aliphatic heterocycles. The number of morpholine rings is 1. The second kappa shape index (κ2) is 9.26. The fourth-order valence-electron chi connectivity index (χ4n) is 3.35. The van der Waals surface area contributed by atoms with Crippen LogP contribution in [0.1, 0.15) is 25.0 Å². The molecule has 0 saturated carbocycles. The summed E-state index contributed by atoms with van der Waals surface area (Å²) in [7, 11) is 0. The second-order valence-electron chi connectivity index (χ2n) is 7.08. The number of halogens is 2. The Morgan fingerprint density at radius 1 is 1.14 bits per heavy atom. The predicted molar refractivity (Wildman–Crippen MR) is 109 cm³/mol. The molecule has 3 rings (SSSR count). The first kappa shape index (κ1) is 20.4. The summed E-state index contributed by atoms with van der Waals surface area (Å²) in [6.07, 6.45) is 0.123. The molecular weight excluding hydrogens is 381 g/mol. The average molecular weight is 406 g/mol. The largest absolute Gasteiger partial charge is 0.372 e. The third kappa shape index (κ3) is 5.36. The second-order valence-corrected chi connectivity index (χ2v) is 7.48. The number of benzene rings is 2. The van der Waals surface area contributed by atoms with E-state index in [-0.39, 0.29) is 30.6 Å². The first-order valence-electron chi connectivity index (χ1n) is 9.36. The number of nitrogens with zero attached hydrogens (tertiary/aromatic N) is 1. The molecule has 2 aromatic carbocycles. The molecule has 5 nitrogen and oxygen atoms in total. The third-order valence-electron chi connectivity index (χ3n) is 4.62. The van der Waals surface area contributed by atoms with Crippen LogP contribution >= 0.6 is 11.6 Å². The van der Waals surface area contributed by atoms with E-state index in [2.05, 4.69) is 10.6 Å². The van der Waals surface area contributed by atoms with Gasteiger partial charge in [-0.05, 0) is 43.2 Å². The topological polar surface area (TPSA) is 53.6 Å². The molecule has 2 aromatic rings. The summed E-state index contributed by atoms with van der Waals surface area (Å²) in [5.41, 5.74) is 2.10. The lowest BCUT2D eigenvalue weighted by molar-refractivity contribution is -0.00539. The van der Waals surface area contributed by atoms with E-state index in [4.69, 9.17) is 16.3 Å². The Morgan fingerprint density at radius 2 is 1.82 bits per heavy atom. The maximum Gasteiger partial charge on any atom is 0.315 e. The van der Waals surface area contributed by atoms with Gasteiger partial charge in [0, 0.05) is 31.2 Å². The van der Waals surface area contributed by atoms with E-state index >= 15 is 0 Å². The Labute approximate surface area is 169 Å². The monoisotopic (exact) mass is 405 g/mol. The molecule has 28 heavy (non-hydrogen) atoms. The molecule has 150 valence electrons. The van der Waals surface area contributed by atoms with Crippen LogP contribution in [-0.2, 0) is 17.8 Å². The number of carbonyl (C=O) groups is 1. The Hall–Kier alpha value is -2.31. The van der Waals surface area contributed by atoms with E-state index in [1.807, 2.05) is 43.0 Å². The van der Waals surface area contributed by atoms with Crippen molar-refractivity contribution in [3.05, 3.63) is 64.4 Å². The maximum absolute atomic E-state index is 14.6. The van der Waals surface area contributed by atoms with Crippen molar-refractivity contribution in [2.75, 3.05) is 18.0 Å². The highest BCUT2D eigenvalue weighted by atomic mass is 35.5. The Morgan fingerprint density at radius 3 is 2.50 bits per heavy atom. The van der Waals surface area contributed by atoms with Crippen LogP contribution in [0.25, 0.3) is 0 Å². The van der Waals surface area contributed by atoms with Gasteiger partial charge in [0.05, 0.1) is 17.9 Å². The molecule has 0 aliphatic carbocycles. The van der Waals surface area contributed by atoms with Gasteiger partial charge >= 0.3 is 6.03 Å². The van der Waals surface area contributed by atoms with Crippen molar-refractivity contribution >= 4 is 23.3 Å². The zero-order valence-electron chi connectivity index (χ0n) is 16.0. The summed E-state index contributed by atoms with van der Waals surface area (Å²) in [5, 5.41) is 6.09. The number of amides is 2. The highest BCUT2D eigenvalue weighted by molar-refractivity contribution is 6.31. The summed E-state index contributed by atoms with van der Waals surface area (Å²) >= 11 is 6.07. The fourth-order valence-corrected chi connectivity index (χ4v) is 3.56. The fraction of sp³-hybridized carbons (Fsp3) is 0.381. The van der Waals surface area contributed by atoms with Crippen molar-refractivity contribution in [2.45, 2.75) is 39.1 Å². The first-order valence-corrected chi connectivity index (χ1v) is 9.74. The highest BCUT2D eigenvalue weighted by Gasteiger charge is 2.24. The Kier molecular flexibility index (Phi) is 6.75. The van der Waals surface area contributed by atoms with Crippen molar-refractivity contribution in [3.63, 3.8) is 0 Å². The van der Waals surface area contributed by atoms with E-state index in [1.165, 1.54) is 6.07 Å². The number of hydrogen-bond donors (Lipinski definition) is 2. The zero-order valence-corrected chi connectivity index (χ0v) is 16.8. The van der Waals surface area contributed by atoms with Gasteiger partial charge in [-0.3, -0.25) is 0 Å². The number of anilines is 1. The number of urea groups is 1. The Balaban J connectivity index is 1.53. The zero-order chi connectivity index (χ0) is 20.1. The van der Waals surface area contributed by atoms with Gasteiger partial charge in [0.15, 0.2) is 0 Å². The minimum atomic E-state index is -0.333. The molecule has 7 heteroatoms. The van der Waals surface area contributed by atoms with Crippen molar-refractivity contribution < 1.29 is 13.9 Å². The smallest absolute Gasteiger partial charge is 0.315 e. The van der Waals surface area contributed by atoms with Gasteiger partial charge in [0.25, 0.3) is 0 Å². The summed E-state index contributed by atoms with van der Waals surface area (Å²) < 4.78 is 20.3. The average Bonchev–Trinajstić information content (AvgIpc) is 2.65. The van der Waals surface area contributed by atoms with Crippen LogP contribution < -0.4 is 15.5 Å². The van der Waals surface area contributed by atoms with Crippen LogP contribution in [-0.4, -0.2) is 31.3 Å². The molecule has 2 amide bonds. The molecule has 0 radical (unpaired) electrons. The molecule has 2 unspecified atom stereocenters. The molecular formula is C21H25ClFN3O2. The minimum Gasteiger partial charge on any atom is -0.372 e. The number of ether oxygens (including phenoxy) is 1. The number of rotatable bonds is 5. The van der Waals surface area contributed by atoms with Crippen molar-refractivity contribution in [1.82, 2.24) is 10.6 Å². The van der Waals surface area contributed by atoms with Gasteiger partial charge in [0.2, 0.25) is 0 Å². The number of hydrogen-bond acceptors (Lipinski definition) is 3. The van der Waals surface area contributed by atoms with Gasteiger partial charge < -0.3 is 20.3 Å². The van der Waals surface area contributed by atoms with Crippen molar-refractivity contribution in [1.29, 1.82) is 0 Å². The first-order chi connectivity index (χ1) is 13.4. The lowest BCUT2D eigenvalue weighted by Crippen LogP contribution is -2.45. The molecule has 0 aromatic heterocycles. The molecule has 0 bridgehead atoms. The summed E-state index contributed by atoms with van der Waals surface area (Å²) in [6.45, 7) is 5.85. The van der Waals surface area contributed by atoms with Crippen LogP contribution in [0.3, 0.4) is 0 Å². The molecule has 0 spiro atoms. The summed E-state index contributed by atoms with van der Waals surface area (Å²) in [4.78, 5) is 14.0.